The number of hydrogen-bond donors (Lipinski definition) is 2. The lowest BCUT2D eigenvalue weighted by atomic mass is 10.1. The highest BCUT2D eigenvalue weighted by atomic mass is 32.1. The number of hydrogen-bond acceptors (Lipinski definition) is 5. The molecule has 1 fully saturated rings. The smallest absolute Gasteiger partial charge is 0.378 e. The van der Waals surface area contributed by atoms with E-state index in [2.05, 4.69) is 37.6 Å². The maximum atomic E-state index is 12.7. The Morgan fingerprint density at radius 2 is 2.00 bits per heavy atom. The molecule has 6 nitrogen and oxygen atoms in total. The summed E-state index contributed by atoms with van der Waals surface area (Å²) >= 11 is 1.02. The maximum Gasteiger partial charge on any atom is 0.434 e. The number of morpholine rings is 1. The highest BCUT2D eigenvalue weighted by Crippen LogP contribution is 2.30. The van der Waals surface area contributed by atoms with Crippen molar-refractivity contribution < 1.29 is 17.9 Å². The summed E-state index contributed by atoms with van der Waals surface area (Å²) in [5.41, 5.74) is 1.44. The summed E-state index contributed by atoms with van der Waals surface area (Å²) in [5, 5.41) is 7.85. The molecular formula is C20H26F3N5OS. The predicted molar refractivity (Wildman–Crippen MR) is 113 cm³/mol. The van der Waals surface area contributed by atoms with Gasteiger partial charge in [-0.15, -0.1) is 11.3 Å². The summed E-state index contributed by atoms with van der Waals surface area (Å²) in [4.78, 5) is 10.6. The fourth-order valence-electron chi connectivity index (χ4n) is 3.11. The Balaban J connectivity index is 1.59. The summed E-state index contributed by atoms with van der Waals surface area (Å²) in [6, 6.07) is 8.17. The highest BCUT2D eigenvalue weighted by Gasteiger charge is 2.33. The molecule has 2 aromatic rings. The van der Waals surface area contributed by atoms with Gasteiger partial charge in [-0.1, -0.05) is 18.2 Å². The maximum absolute atomic E-state index is 12.7. The normalized spacial score (nSPS) is 15.3. The number of alkyl halides is 3. The molecule has 0 bridgehead atoms. The van der Waals surface area contributed by atoms with Gasteiger partial charge in [0.25, 0.3) is 0 Å². The highest BCUT2D eigenvalue weighted by molar-refractivity contribution is 7.09. The van der Waals surface area contributed by atoms with Crippen molar-refractivity contribution in [3.8, 4) is 0 Å². The minimum Gasteiger partial charge on any atom is -0.378 e. The van der Waals surface area contributed by atoms with Crippen LogP contribution in [0.15, 0.2) is 34.6 Å². The Hall–Kier alpha value is -2.33. The van der Waals surface area contributed by atoms with Gasteiger partial charge in [-0.2, -0.15) is 13.2 Å². The number of aliphatic imine (C=N–C) groups is 1. The number of rotatable bonds is 7. The molecule has 0 radical (unpaired) electrons. The van der Waals surface area contributed by atoms with Gasteiger partial charge < -0.3 is 20.3 Å². The lowest BCUT2D eigenvalue weighted by Crippen LogP contribution is -2.38. The summed E-state index contributed by atoms with van der Waals surface area (Å²) in [5.74, 6) is 0.627. The number of para-hydroxylation sites is 1. The third-order valence-electron chi connectivity index (χ3n) is 4.57. The van der Waals surface area contributed by atoms with Crippen LogP contribution in [-0.2, 0) is 23.9 Å². The van der Waals surface area contributed by atoms with Crippen LogP contribution in [0.25, 0.3) is 0 Å². The third-order valence-corrected chi connectivity index (χ3v) is 5.48. The van der Waals surface area contributed by atoms with E-state index >= 15 is 0 Å². The Kier molecular flexibility index (Phi) is 7.92. The number of benzene rings is 1. The molecule has 1 saturated heterocycles. The van der Waals surface area contributed by atoms with Crippen molar-refractivity contribution in [1.82, 2.24) is 15.6 Å². The van der Waals surface area contributed by atoms with Crippen molar-refractivity contribution in [3.05, 3.63) is 45.9 Å². The zero-order valence-electron chi connectivity index (χ0n) is 16.8. The van der Waals surface area contributed by atoms with Crippen molar-refractivity contribution in [3.63, 3.8) is 0 Å². The summed E-state index contributed by atoms with van der Waals surface area (Å²) < 4.78 is 43.4. The molecule has 0 amide bonds. The molecule has 0 unspecified atom stereocenters. The van der Waals surface area contributed by atoms with E-state index in [0.717, 1.165) is 41.1 Å². The standard InChI is InChI=1S/C20H26F3N5OS/c1-2-24-19(25-8-7-18-27-17(14-30-18)20(21,22)23)26-13-15-5-3-4-6-16(15)28-9-11-29-12-10-28/h3-6,14H,2,7-13H2,1H3,(H2,24,25,26). The number of aromatic nitrogens is 1. The van der Waals surface area contributed by atoms with Gasteiger partial charge in [0.15, 0.2) is 11.7 Å². The minimum atomic E-state index is -4.40. The first-order valence-corrected chi connectivity index (χ1v) is 10.8. The molecule has 1 aromatic heterocycles. The number of anilines is 1. The van der Waals surface area contributed by atoms with Gasteiger partial charge in [-0.3, -0.25) is 0 Å². The monoisotopic (exact) mass is 441 g/mol. The van der Waals surface area contributed by atoms with Crippen LogP contribution in [0, 0.1) is 0 Å². The first-order valence-electron chi connectivity index (χ1n) is 9.91. The molecule has 1 aromatic carbocycles. The van der Waals surface area contributed by atoms with Gasteiger partial charge >= 0.3 is 6.18 Å². The van der Waals surface area contributed by atoms with Crippen LogP contribution < -0.4 is 15.5 Å². The van der Waals surface area contributed by atoms with Crippen LogP contribution in [0.1, 0.15) is 23.2 Å². The first-order chi connectivity index (χ1) is 14.5. The molecule has 0 saturated carbocycles. The Morgan fingerprint density at radius 3 is 2.70 bits per heavy atom. The molecule has 3 rings (SSSR count). The minimum absolute atomic E-state index is 0.398. The van der Waals surface area contributed by atoms with E-state index in [0.29, 0.717) is 50.2 Å². The lowest BCUT2D eigenvalue weighted by molar-refractivity contribution is -0.140. The fourth-order valence-corrected chi connectivity index (χ4v) is 3.91. The Bertz CT molecular complexity index is 834. The number of thiazole rings is 1. The second kappa shape index (κ2) is 10.6. The zero-order chi connectivity index (χ0) is 21.4. The van der Waals surface area contributed by atoms with Crippen molar-refractivity contribution in [2.75, 3.05) is 44.3 Å². The van der Waals surface area contributed by atoms with Gasteiger partial charge in [0.2, 0.25) is 0 Å². The van der Waals surface area contributed by atoms with Crippen molar-refractivity contribution in [1.29, 1.82) is 0 Å². The summed E-state index contributed by atoms with van der Waals surface area (Å²) in [6.45, 7) is 6.74. The van der Waals surface area contributed by atoms with Gasteiger partial charge in [0.1, 0.15) is 0 Å². The van der Waals surface area contributed by atoms with Crippen LogP contribution in [0.3, 0.4) is 0 Å². The molecule has 30 heavy (non-hydrogen) atoms. The largest absolute Gasteiger partial charge is 0.434 e. The van der Waals surface area contributed by atoms with Crippen molar-refractivity contribution in [2.24, 2.45) is 4.99 Å². The SMILES string of the molecule is CCNC(=NCc1ccccc1N1CCOCC1)NCCc1nc(C(F)(F)F)cs1. The predicted octanol–water partition coefficient (Wildman–Crippen LogP) is 3.30. The van der Waals surface area contributed by atoms with Gasteiger partial charge in [0.05, 0.1) is 24.8 Å². The number of ether oxygens (including phenoxy) is 1. The first kappa shape index (κ1) is 22.4. The van der Waals surface area contributed by atoms with Gasteiger partial charge in [-0.25, -0.2) is 9.98 Å². The molecule has 0 aliphatic carbocycles. The molecule has 1 aliphatic heterocycles. The molecule has 1 aliphatic rings. The van der Waals surface area contributed by atoms with E-state index in [9.17, 15) is 13.2 Å². The molecule has 0 atom stereocenters. The molecule has 2 heterocycles. The molecule has 164 valence electrons. The topological polar surface area (TPSA) is 61.8 Å². The Labute approximate surface area is 178 Å². The quantitative estimate of drug-likeness (QED) is 0.510. The van der Waals surface area contributed by atoms with E-state index in [1.807, 2.05) is 19.1 Å². The van der Waals surface area contributed by atoms with E-state index in [4.69, 9.17) is 4.74 Å². The number of halogens is 3. The second-order valence-corrected chi connectivity index (χ2v) is 7.67. The van der Waals surface area contributed by atoms with Crippen LogP contribution in [0.5, 0.6) is 0 Å². The average Bonchev–Trinajstić information content (AvgIpc) is 3.22. The van der Waals surface area contributed by atoms with E-state index < -0.39 is 11.9 Å². The van der Waals surface area contributed by atoms with Gasteiger partial charge in [0, 0.05) is 43.7 Å². The summed E-state index contributed by atoms with van der Waals surface area (Å²) in [6.07, 6.45) is -4.00. The van der Waals surface area contributed by atoms with Crippen LogP contribution in [-0.4, -0.2) is 50.3 Å². The van der Waals surface area contributed by atoms with Crippen molar-refractivity contribution >= 4 is 23.0 Å². The van der Waals surface area contributed by atoms with E-state index in [1.54, 1.807) is 0 Å². The van der Waals surface area contributed by atoms with E-state index in [1.165, 1.54) is 0 Å². The average molecular weight is 442 g/mol. The summed E-state index contributed by atoms with van der Waals surface area (Å²) in [7, 11) is 0. The molecule has 0 spiro atoms. The fraction of sp³-hybridized carbons (Fsp3) is 0.500. The lowest BCUT2D eigenvalue weighted by Gasteiger charge is -2.30. The number of nitrogens with one attached hydrogen (secondary N) is 2. The number of guanidine groups is 1. The molecular weight excluding hydrogens is 415 g/mol. The Morgan fingerprint density at radius 1 is 1.23 bits per heavy atom. The van der Waals surface area contributed by atoms with Gasteiger partial charge in [-0.05, 0) is 18.6 Å². The molecule has 2 N–H and O–H groups in total. The third kappa shape index (κ3) is 6.33. The van der Waals surface area contributed by atoms with Crippen LogP contribution in [0.2, 0.25) is 0 Å². The number of nitrogens with zero attached hydrogens (tertiary/aromatic N) is 3. The second-order valence-electron chi connectivity index (χ2n) is 6.72. The van der Waals surface area contributed by atoms with E-state index in [-0.39, 0.29) is 0 Å². The van der Waals surface area contributed by atoms with Crippen LogP contribution >= 0.6 is 11.3 Å². The zero-order valence-corrected chi connectivity index (χ0v) is 17.7. The molecule has 10 heteroatoms. The van der Waals surface area contributed by atoms with Crippen LogP contribution in [0.4, 0.5) is 18.9 Å². The van der Waals surface area contributed by atoms with Crippen molar-refractivity contribution in [2.45, 2.75) is 26.1 Å².